The molecular weight excluding hydrogens is 219 g/mol. The van der Waals surface area contributed by atoms with E-state index >= 15 is 0 Å². The summed E-state index contributed by atoms with van der Waals surface area (Å²) in [5.74, 6) is -0.523. The molecule has 1 rings (SSSR count). The van der Waals surface area contributed by atoms with E-state index in [-0.39, 0.29) is 17.1 Å². The lowest BCUT2D eigenvalue weighted by molar-refractivity contribution is 0.0937. The smallest absolute Gasteiger partial charge is 0.251 e. The molecular formula is C13H19FN2O. The minimum atomic E-state index is -0.332. The van der Waals surface area contributed by atoms with Gasteiger partial charge in [0, 0.05) is 12.1 Å². The molecule has 0 radical (unpaired) electrons. The molecule has 17 heavy (non-hydrogen) atoms. The molecule has 0 saturated carbocycles. The quantitative estimate of drug-likeness (QED) is 0.841. The fraction of sp³-hybridized carbons (Fsp3) is 0.462. The van der Waals surface area contributed by atoms with E-state index in [1.807, 2.05) is 13.8 Å². The molecule has 0 spiro atoms. The van der Waals surface area contributed by atoms with Crippen LogP contribution in [-0.2, 0) is 0 Å². The number of halogens is 1. The zero-order valence-electron chi connectivity index (χ0n) is 10.5. The highest BCUT2D eigenvalue weighted by Crippen LogP contribution is 2.13. The molecule has 1 aromatic carbocycles. The van der Waals surface area contributed by atoms with Gasteiger partial charge in [-0.2, -0.15) is 0 Å². The molecule has 0 fully saturated rings. The first kappa shape index (κ1) is 13.6. The number of aryl methyl sites for hydroxylation is 1. The number of nitrogens with one attached hydrogen (secondary N) is 1. The number of benzene rings is 1. The van der Waals surface area contributed by atoms with Gasteiger partial charge in [0.15, 0.2) is 0 Å². The highest BCUT2D eigenvalue weighted by Gasteiger charge is 2.17. The molecule has 0 aliphatic carbocycles. The Morgan fingerprint density at radius 1 is 1.47 bits per heavy atom. The Labute approximate surface area is 101 Å². The van der Waals surface area contributed by atoms with Crippen molar-refractivity contribution in [2.75, 3.05) is 13.1 Å². The van der Waals surface area contributed by atoms with Crippen molar-refractivity contribution >= 4 is 5.91 Å². The molecule has 3 nitrogen and oxygen atoms in total. The van der Waals surface area contributed by atoms with Crippen LogP contribution in [0, 0.1) is 18.2 Å². The summed E-state index contributed by atoms with van der Waals surface area (Å²) in [6, 6.07) is 4.13. The summed E-state index contributed by atoms with van der Waals surface area (Å²) in [6.45, 7) is 6.66. The maximum absolute atomic E-state index is 12.9. The maximum atomic E-state index is 12.9. The number of amides is 1. The number of rotatable bonds is 4. The van der Waals surface area contributed by atoms with Gasteiger partial charge in [-0.3, -0.25) is 4.79 Å². The fourth-order valence-corrected chi connectivity index (χ4v) is 1.37. The minimum absolute atomic E-state index is 0.135. The summed E-state index contributed by atoms with van der Waals surface area (Å²) in [5, 5.41) is 2.81. The first-order valence-electron chi connectivity index (χ1n) is 5.60. The maximum Gasteiger partial charge on any atom is 0.251 e. The predicted molar refractivity (Wildman–Crippen MR) is 66.3 cm³/mol. The largest absolute Gasteiger partial charge is 0.351 e. The summed E-state index contributed by atoms with van der Waals surface area (Å²) in [6.07, 6.45) is 0. The summed E-state index contributed by atoms with van der Waals surface area (Å²) < 4.78 is 12.9. The number of hydrogen-bond donors (Lipinski definition) is 2. The van der Waals surface area contributed by atoms with Gasteiger partial charge in [0.25, 0.3) is 5.91 Å². The Hall–Kier alpha value is -1.42. The Kier molecular flexibility index (Phi) is 4.23. The number of carbonyl (C=O) groups excluding carboxylic acids is 1. The van der Waals surface area contributed by atoms with E-state index in [9.17, 15) is 9.18 Å². The van der Waals surface area contributed by atoms with Crippen LogP contribution in [0.1, 0.15) is 29.8 Å². The number of carbonyl (C=O) groups is 1. The molecule has 4 heteroatoms. The van der Waals surface area contributed by atoms with Gasteiger partial charge in [0.2, 0.25) is 0 Å². The van der Waals surface area contributed by atoms with Crippen molar-refractivity contribution in [1.82, 2.24) is 5.32 Å². The topological polar surface area (TPSA) is 55.1 Å². The first-order chi connectivity index (χ1) is 7.85. The standard InChI is InChI=1S/C13H19FN2O/c1-9-6-10(14)4-5-11(9)12(17)16-8-13(2,3)7-15/h4-6H,7-8,15H2,1-3H3,(H,16,17). The fourth-order valence-electron chi connectivity index (χ4n) is 1.37. The van der Waals surface area contributed by atoms with E-state index in [0.29, 0.717) is 24.2 Å². The summed E-state index contributed by atoms with van der Waals surface area (Å²) in [4.78, 5) is 11.9. The van der Waals surface area contributed by atoms with Crippen molar-refractivity contribution in [3.05, 3.63) is 35.1 Å². The molecule has 94 valence electrons. The molecule has 0 bridgehead atoms. The van der Waals surface area contributed by atoms with Crippen molar-refractivity contribution in [1.29, 1.82) is 0 Å². The second-order valence-corrected chi connectivity index (χ2v) is 5.01. The van der Waals surface area contributed by atoms with Gasteiger partial charge in [0.1, 0.15) is 5.82 Å². The Morgan fingerprint density at radius 3 is 2.65 bits per heavy atom. The third-order valence-electron chi connectivity index (χ3n) is 2.71. The molecule has 1 amide bonds. The number of nitrogens with two attached hydrogens (primary N) is 1. The molecule has 0 aliphatic rings. The third kappa shape index (κ3) is 3.82. The van der Waals surface area contributed by atoms with Crippen molar-refractivity contribution in [3.8, 4) is 0 Å². The normalized spacial score (nSPS) is 11.4. The van der Waals surface area contributed by atoms with Gasteiger partial charge < -0.3 is 11.1 Å². The zero-order chi connectivity index (χ0) is 13.1. The van der Waals surface area contributed by atoms with E-state index in [4.69, 9.17) is 5.73 Å². The van der Waals surface area contributed by atoms with Gasteiger partial charge in [-0.25, -0.2) is 4.39 Å². The van der Waals surface area contributed by atoms with Crippen LogP contribution in [-0.4, -0.2) is 19.0 Å². The minimum Gasteiger partial charge on any atom is -0.351 e. The molecule has 1 aromatic rings. The van der Waals surface area contributed by atoms with Crippen LogP contribution in [0.3, 0.4) is 0 Å². The Bertz CT molecular complexity index is 416. The van der Waals surface area contributed by atoms with Gasteiger partial charge >= 0.3 is 0 Å². The summed E-state index contributed by atoms with van der Waals surface area (Å²) in [5.41, 5.74) is 6.58. The SMILES string of the molecule is Cc1cc(F)ccc1C(=O)NCC(C)(C)CN. The number of hydrogen-bond acceptors (Lipinski definition) is 2. The van der Waals surface area contributed by atoms with Gasteiger partial charge in [-0.05, 0) is 42.6 Å². The molecule has 0 saturated heterocycles. The van der Waals surface area contributed by atoms with E-state index in [1.165, 1.54) is 18.2 Å². The lowest BCUT2D eigenvalue weighted by Crippen LogP contribution is -2.38. The average Bonchev–Trinajstić information content (AvgIpc) is 2.26. The molecule has 0 heterocycles. The highest BCUT2D eigenvalue weighted by atomic mass is 19.1. The monoisotopic (exact) mass is 238 g/mol. The van der Waals surface area contributed by atoms with Gasteiger partial charge in [0.05, 0.1) is 0 Å². The first-order valence-corrected chi connectivity index (χ1v) is 5.60. The van der Waals surface area contributed by atoms with E-state index < -0.39 is 0 Å². The second-order valence-electron chi connectivity index (χ2n) is 5.01. The second kappa shape index (κ2) is 5.27. The van der Waals surface area contributed by atoms with E-state index in [2.05, 4.69) is 5.32 Å². The van der Waals surface area contributed by atoms with Crippen molar-refractivity contribution in [2.24, 2.45) is 11.1 Å². The zero-order valence-corrected chi connectivity index (χ0v) is 10.5. The van der Waals surface area contributed by atoms with Crippen LogP contribution in [0.2, 0.25) is 0 Å². The van der Waals surface area contributed by atoms with E-state index in [0.717, 1.165) is 0 Å². The van der Waals surface area contributed by atoms with Gasteiger partial charge in [-0.15, -0.1) is 0 Å². The molecule has 0 unspecified atom stereocenters. The van der Waals surface area contributed by atoms with Crippen molar-refractivity contribution in [2.45, 2.75) is 20.8 Å². The molecule has 0 aromatic heterocycles. The van der Waals surface area contributed by atoms with Crippen molar-refractivity contribution < 1.29 is 9.18 Å². The summed E-state index contributed by atoms with van der Waals surface area (Å²) >= 11 is 0. The average molecular weight is 238 g/mol. The lowest BCUT2D eigenvalue weighted by atomic mass is 9.93. The van der Waals surface area contributed by atoms with Crippen LogP contribution in [0.15, 0.2) is 18.2 Å². The predicted octanol–water partition coefficient (Wildman–Crippen LogP) is 1.85. The molecule has 0 atom stereocenters. The third-order valence-corrected chi connectivity index (χ3v) is 2.71. The summed E-state index contributed by atoms with van der Waals surface area (Å²) in [7, 11) is 0. The van der Waals surface area contributed by atoms with Crippen LogP contribution in [0.4, 0.5) is 4.39 Å². The van der Waals surface area contributed by atoms with Crippen molar-refractivity contribution in [3.63, 3.8) is 0 Å². The Morgan fingerprint density at radius 2 is 2.12 bits per heavy atom. The van der Waals surface area contributed by atoms with Crippen LogP contribution >= 0.6 is 0 Å². The highest BCUT2D eigenvalue weighted by molar-refractivity contribution is 5.95. The van der Waals surface area contributed by atoms with E-state index in [1.54, 1.807) is 6.92 Å². The lowest BCUT2D eigenvalue weighted by Gasteiger charge is -2.22. The van der Waals surface area contributed by atoms with Crippen LogP contribution in [0.25, 0.3) is 0 Å². The van der Waals surface area contributed by atoms with Crippen LogP contribution in [0.5, 0.6) is 0 Å². The molecule has 0 aliphatic heterocycles. The van der Waals surface area contributed by atoms with Crippen LogP contribution < -0.4 is 11.1 Å². The molecule has 3 N–H and O–H groups in total. The Balaban J connectivity index is 2.71. The van der Waals surface area contributed by atoms with Gasteiger partial charge in [-0.1, -0.05) is 13.8 Å².